The molecular weight excluding hydrogens is 462 g/mol. The van der Waals surface area contributed by atoms with Gasteiger partial charge in [0.05, 0.1) is 12.7 Å². The predicted molar refractivity (Wildman–Crippen MR) is 134 cm³/mol. The number of methoxy groups -OCH3 is 1. The van der Waals surface area contributed by atoms with E-state index in [9.17, 15) is 19.5 Å². The van der Waals surface area contributed by atoms with Crippen molar-refractivity contribution in [3.8, 4) is 17.2 Å². The minimum absolute atomic E-state index is 0.0441. The zero-order chi connectivity index (χ0) is 25.8. The molecule has 184 valence electrons. The van der Waals surface area contributed by atoms with E-state index in [1.807, 2.05) is 6.92 Å². The first-order chi connectivity index (χ1) is 17.3. The number of ketones is 1. The van der Waals surface area contributed by atoms with Gasteiger partial charge in [-0.05, 0) is 66.1 Å². The number of nitrogens with one attached hydrogen (secondary N) is 1. The van der Waals surface area contributed by atoms with Gasteiger partial charge in [0, 0.05) is 30.2 Å². The molecule has 0 saturated carbocycles. The number of aliphatic carboxylic acids is 1. The third-order valence-electron chi connectivity index (χ3n) is 5.76. The minimum Gasteiger partial charge on any atom is -0.496 e. The Balaban J connectivity index is 1.83. The first-order valence-corrected chi connectivity index (χ1v) is 11.2. The van der Waals surface area contributed by atoms with E-state index < -0.39 is 11.8 Å². The molecule has 0 radical (unpaired) electrons. The summed E-state index contributed by atoms with van der Waals surface area (Å²) in [5.74, 6) is -0.308. The zero-order valence-electron chi connectivity index (χ0n) is 20.1. The van der Waals surface area contributed by atoms with E-state index in [-0.39, 0.29) is 30.3 Å². The van der Waals surface area contributed by atoms with Gasteiger partial charge in [0.15, 0.2) is 17.3 Å². The van der Waals surface area contributed by atoms with E-state index in [4.69, 9.17) is 14.2 Å². The van der Waals surface area contributed by atoms with Crippen LogP contribution in [0.1, 0.15) is 34.0 Å². The summed E-state index contributed by atoms with van der Waals surface area (Å²) >= 11 is 0. The van der Waals surface area contributed by atoms with Crippen LogP contribution in [0.2, 0.25) is 0 Å². The average Bonchev–Trinajstić information content (AvgIpc) is 3.32. The Morgan fingerprint density at radius 1 is 0.944 bits per heavy atom. The van der Waals surface area contributed by atoms with Crippen LogP contribution in [0, 0.1) is 6.92 Å². The van der Waals surface area contributed by atoms with Crippen molar-refractivity contribution in [2.24, 2.45) is 0 Å². The number of anilines is 1. The number of benzene rings is 3. The highest BCUT2D eigenvalue weighted by atomic mass is 16.7. The summed E-state index contributed by atoms with van der Waals surface area (Å²) < 4.78 is 16.1. The molecule has 0 bridgehead atoms. The maximum absolute atomic E-state index is 13.8. The summed E-state index contributed by atoms with van der Waals surface area (Å²) in [6.45, 7) is 3.27. The Labute approximate surface area is 208 Å². The molecule has 0 aliphatic carbocycles. The summed E-state index contributed by atoms with van der Waals surface area (Å²) in [4.78, 5) is 37.7. The fourth-order valence-corrected chi connectivity index (χ4v) is 4.07. The third kappa shape index (κ3) is 5.22. The second kappa shape index (κ2) is 10.4. The molecule has 0 atom stereocenters. The molecule has 0 spiro atoms. The molecular formula is C28H25NO7. The van der Waals surface area contributed by atoms with Crippen LogP contribution in [0.15, 0.2) is 66.2 Å². The van der Waals surface area contributed by atoms with Crippen molar-refractivity contribution in [1.29, 1.82) is 0 Å². The number of fused-ring (bicyclic) bond motifs is 1. The minimum atomic E-state index is -1.24. The second-order valence-corrected chi connectivity index (χ2v) is 8.30. The number of hydrogen-bond acceptors (Lipinski definition) is 6. The van der Waals surface area contributed by atoms with Crippen molar-refractivity contribution in [2.45, 2.75) is 20.3 Å². The summed E-state index contributed by atoms with van der Waals surface area (Å²) in [5, 5.41) is 12.9. The number of carboxylic acids is 1. The van der Waals surface area contributed by atoms with Gasteiger partial charge >= 0.3 is 5.97 Å². The molecule has 0 aromatic heterocycles. The van der Waals surface area contributed by atoms with Gasteiger partial charge < -0.3 is 24.6 Å². The topological polar surface area (TPSA) is 111 Å². The molecule has 0 saturated heterocycles. The molecule has 1 amide bonds. The smallest absolute Gasteiger partial charge is 0.336 e. The molecule has 36 heavy (non-hydrogen) atoms. The Bertz CT molecular complexity index is 1370. The molecule has 0 unspecified atom stereocenters. The molecule has 3 aromatic rings. The van der Waals surface area contributed by atoms with Crippen LogP contribution in [0.3, 0.4) is 0 Å². The van der Waals surface area contributed by atoms with E-state index >= 15 is 0 Å². The van der Waals surface area contributed by atoms with Crippen LogP contribution in [0.25, 0.3) is 5.57 Å². The number of allylic oxidation sites excluding steroid dienone is 1. The summed E-state index contributed by atoms with van der Waals surface area (Å²) in [7, 11) is 1.54. The van der Waals surface area contributed by atoms with Gasteiger partial charge in [-0.3, -0.25) is 9.59 Å². The van der Waals surface area contributed by atoms with E-state index in [0.29, 0.717) is 39.6 Å². The summed E-state index contributed by atoms with van der Waals surface area (Å²) in [5.41, 5.74) is 2.71. The maximum atomic E-state index is 13.8. The number of carbonyl (C=O) groups is 3. The number of carboxylic acid groups (broad SMARTS) is 1. The summed E-state index contributed by atoms with van der Waals surface area (Å²) in [6.07, 6.45) is 0.0559. The zero-order valence-corrected chi connectivity index (χ0v) is 20.1. The normalized spacial score (nSPS) is 12.5. The van der Waals surface area contributed by atoms with E-state index in [1.54, 1.807) is 67.8 Å². The third-order valence-corrected chi connectivity index (χ3v) is 5.76. The molecule has 1 aliphatic heterocycles. The van der Waals surface area contributed by atoms with Crippen molar-refractivity contribution >= 4 is 28.9 Å². The predicted octanol–water partition coefficient (Wildman–Crippen LogP) is 4.65. The molecule has 0 fully saturated rings. The SMILES string of the molecule is COc1ccc(C(=O)/C(Cc2ccc(NC(C)=O)cc2)=C(\C(=O)O)c2ccc3c(c2)OCO3)cc1C. The number of hydrogen-bond donors (Lipinski definition) is 2. The fourth-order valence-electron chi connectivity index (χ4n) is 4.07. The standard InChI is InChI=1S/C28H25NO7/c1-16-12-20(7-10-23(16)34-3)27(31)22(13-18-4-8-21(9-5-18)29-17(2)30)26(28(32)33)19-6-11-24-25(14-19)36-15-35-24/h4-12,14H,13,15H2,1-3H3,(H,29,30)(H,32,33)/b26-22-. The van der Waals surface area contributed by atoms with Crippen LogP contribution in [0.4, 0.5) is 5.69 Å². The number of rotatable bonds is 8. The molecule has 3 aromatic carbocycles. The second-order valence-electron chi connectivity index (χ2n) is 8.30. The van der Waals surface area contributed by atoms with E-state index in [2.05, 4.69) is 5.32 Å². The molecule has 1 aliphatic rings. The van der Waals surface area contributed by atoms with Crippen LogP contribution in [0.5, 0.6) is 17.2 Å². The Hall–Kier alpha value is -4.59. The first kappa shape index (κ1) is 24.5. The molecule has 1 heterocycles. The lowest BCUT2D eigenvalue weighted by Gasteiger charge is -2.15. The molecule has 2 N–H and O–H groups in total. The van der Waals surface area contributed by atoms with Gasteiger partial charge in [0.2, 0.25) is 12.7 Å². The molecule has 4 rings (SSSR count). The van der Waals surface area contributed by atoms with Crippen molar-refractivity contribution in [1.82, 2.24) is 0 Å². The van der Waals surface area contributed by atoms with Gasteiger partial charge in [-0.25, -0.2) is 4.79 Å². The van der Waals surface area contributed by atoms with Crippen LogP contribution < -0.4 is 19.5 Å². The first-order valence-electron chi connectivity index (χ1n) is 11.2. The van der Waals surface area contributed by atoms with E-state index in [0.717, 1.165) is 5.56 Å². The maximum Gasteiger partial charge on any atom is 0.336 e. The summed E-state index contributed by atoms with van der Waals surface area (Å²) in [6, 6.07) is 16.7. The van der Waals surface area contributed by atoms with Crippen LogP contribution in [-0.4, -0.2) is 36.7 Å². The number of aryl methyl sites for hydroxylation is 1. The highest BCUT2D eigenvalue weighted by molar-refractivity contribution is 6.26. The van der Waals surface area contributed by atoms with Crippen molar-refractivity contribution in [2.75, 3.05) is 19.2 Å². The van der Waals surface area contributed by atoms with Crippen LogP contribution in [-0.2, 0) is 16.0 Å². The lowest BCUT2D eigenvalue weighted by molar-refractivity contribution is -0.130. The lowest BCUT2D eigenvalue weighted by Crippen LogP contribution is -2.14. The van der Waals surface area contributed by atoms with Gasteiger partial charge in [0.25, 0.3) is 0 Å². The van der Waals surface area contributed by atoms with Gasteiger partial charge in [-0.1, -0.05) is 18.2 Å². The Morgan fingerprint density at radius 3 is 2.28 bits per heavy atom. The fraction of sp³-hybridized carbons (Fsp3) is 0.179. The largest absolute Gasteiger partial charge is 0.496 e. The van der Waals surface area contributed by atoms with Gasteiger partial charge in [-0.15, -0.1) is 0 Å². The quantitative estimate of drug-likeness (QED) is 0.351. The number of amides is 1. The number of Topliss-reactive ketones (excluding diaryl/α,β-unsaturated/α-hetero) is 1. The highest BCUT2D eigenvalue weighted by Gasteiger charge is 2.26. The van der Waals surface area contributed by atoms with Crippen molar-refractivity contribution in [3.63, 3.8) is 0 Å². The Kier molecular flexibility index (Phi) is 7.05. The average molecular weight is 488 g/mol. The number of carbonyl (C=O) groups excluding carboxylic acids is 2. The monoisotopic (exact) mass is 487 g/mol. The molecule has 8 heteroatoms. The number of ether oxygens (including phenoxy) is 3. The highest BCUT2D eigenvalue weighted by Crippen LogP contribution is 2.36. The van der Waals surface area contributed by atoms with Crippen LogP contribution >= 0.6 is 0 Å². The van der Waals surface area contributed by atoms with Gasteiger partial charge in [0.1, 0.15) is 5.75 Å². The van der Waals surface area contributed by atoms with Gasteiger partial charge in [-0.2, -0.15) is 0 Å². The van der Waals surface area contributed by atoms with E-state index in [1.165, 1.54) is 6.92 Å². The Morgan fingerprint density at radius 2 is 1.64 bits per heavy atom. The lowest BCUT2D eigenvalue weighted by atomic mass is 9.89. The van der Waals surface area contributed by atoms with Crippen molar-refractivity contribution in [3.05, 3.63) is 88.5 Å². The van der Waals surface area contributed by atoms with Crippen molar-refractivity contribution < 1.29 is 33.7 Å². The molecule has 8 nitrogen and oxygen atoms in total.